The van der Waals surface area contributed by atoms with Crippen LogP contribution in [-0.4, -0.2) is 53.3 Å². The fraction of sp³-hybridized carbons (Fsp3) is 0.462. The van der Waals surface area contributed by atoms with Gasteiger partial charge in [0.15, 0.2) is 6.10 Å². The minimum atomic E-state index is -1.11. The Morgan fingerprint density at radius 2 is 2.10 bits per heavy atom. The number of aliphatic carboxylic acids is 1. The van der Waals surface area contributed by atoms with Crippen LogP contribution < -0.4 is 5.32 Å². The number of aromatic nitrogens is 1. The van der Waals surface area contributed by atoms with E-state index in [1.54, 1.807) is 17.3 Å². The molecule has 7 heteroatoms. The van der Waals surface area contributed by atoms with E-state index in [-0.39, 0.29) is 12.6 Å². The number of carboxylic acids is 1. The number of nitrogens with zero attached hydrogens (tertiary/aromatic N) is 2. The maximum Gasteiger partial charge on any atom is 0.334 e. The average molecular weight is 281 g/mol. The third-order valence-electron chi connectivity index (χ3n) is 2.79. The van der Waals surface area contributed by atoms with Gasteiger partial charge in [0.25, 0.3) is 0 Å². The summed E-state index contributed by atoms with van der Waals surface area (Å²) in [4.78, 5) is 28.2. The molecule has 110 valence electrons. The summed E-state index contributed by atoms with van der Waals surface area (Å²) in [6.07, 6.45) is 2.28. The number of hydrogen-bond acceptors (Lipinski definition) is 4. The Morgan fingerprint density at radius 1 is 1.45 bits per heavy atom. The van der Waals surface area contributed by atoms with Crippen molar-refractivity contribution in [1.82, 2.24) is 15.2 Å². The summed E-state index contributed by atoms with van der Waals surface area (Å²) in [7, 11) is 1.29. The Bertz CT molecular complexity index is 439. The van der Waals surface area contributed by atoms with Gasteiger partial charge in [-0.1, -0.05) is 0 Å². The van der Waals surface area contributed by atoms with Gasteiger partial charge >= 0.3 is 12.0 Å². The first-order chi connectivity index (χ1) is 9.58. The normalized spacial score (nSPS) is 11.7. The summed E-state index contributed by atoms with van der Waals surface area (Å²) < 4.78 is 4.75. The van der Waals surface area contributed by atoms with Crippen molar-refractivity contribution in [2.75, 3.05) is 20.2 Å². The molecular weight excluding hydrogens is 262 g/mol. The molecular formula is C13H19N3O4. The van der Waals surface area contributed by atoms with Gasteiger partial charge in [-0.15, -0.1) is 0 Å². The molecule has 1 rings (SSSR count). The summed E-state index contributed by atoms with van der Waals surface area (Å²) in [6.45, 7) is 2.73. The molecule has 0 aliphatic heterocycles. The monoisotopic (exact) mass is 281 g/mol. The van der Waals surface area contributed by atoms with Crippen LogP contribution in [0.25, 0.3) is 0 Å². The van der Waals surface area contributed by atoms with Crippen molar-refractivity contribution >= 4 is 12.0 Å². The predicted molar refractivity (Wildman–Crippen MR) is 72.2 cm³/mol. The van der Waals surface area contributed by atoms with E-state index in [9.17, 15) is 9.59 Å². The number of hydrogen-bond donors (Lipinski definition) is 2. The Kier molecular flexibility index (Phi) is 6.45. The van der Waals surface area contributed by atoms with Crippen molar-refractivity contribution in [3.63, 3.8) is 0 Å². The van der Waals surface area contributed by atoms with E-state index in [2.05, 4.69) is 10.3 Å². The van der Waals surface area contributed by atoms with Gasteiger partial charge in [-0.3, -0.25) is 4.98 Å². The van der Waals surface area contributed by atoms with E-state index in [1.807, 2.05) is 19.1 Å². The Labute approximate surface area is 117 Å². The number of nitrogens with one attached hydrogen (secondary N) is 1. The Balaban J connectivity index is 2.53. The second kappa shape index (κ2) is 8.11. The molecule has 0 aromatic carbocycles. The van der Waals surface area contributed by atoms with Crippen molar-refractivity contribution in [1.29, 1.82) is 0 Å². The number of ether oxygens (including phenoxy) is 1. The van der Waals surface area contributed by atoms with E-state index in [0.717, 1.165) is 5.56 Å². The molecule has 0 fully saturated rings. The molecule has 0 saturated carbocycles. The molecule has 0 aliphatic rings. The van der Waals surface area contributed by atoms with Gasteiger partial charge < -0.3 is 20.1 Å². The van der Waals surface area contributed by atoms with Crippen LogP contribution in [0.1, 0.15) is 12.5 Å². The van der Waals surface area contributed by atoms with Crippen molar-refractivity contribution < 1.29 is 19.4 Å². The number of methoxy groups -OCH3 is 1. The van der Waals surface area contributed by atoms with Crippen LogP contribution in [0.4, 0.5) is 4.79 Å². The molecule has 1 aromatic rings. The highest BCUT2D eigenvalue weighted by Crippen LogP contribution is 2.03. The molecule has 0 aliphatic carbocycles. The van der Waals surface area contributed by atoms with Gasteiger partial charge in [0, 0.05) is 32.6 Å². The molecule has 7 nitrogen and oxygen atoms in total. The van der Waals surface area contributed by atoms with Gasteiger partial charge in [0.05, 0.1) is 6.54 Å². The van der Waals surface area contributed by atoms with E-state index in [4.69, 9.17) is 9.84 Å². The highest BCUT2D eigenvalue weighted by atomic mass is 16.5. The number of amides is 2. The van der Waals surface area contributed by atoms with Gasteiger partial charge in [0.2, 0.25) is 0 Å². The van der Waals surface area contributed by atoms with Crippen LogP contribution in [-0.2, 0) is 16.1 Å². The lowest BCUT2D eigenvalue weighted by Gasteiger charge is -2.22. The Hall–Kier alpha value is -2.15. The van der Waals surface area contributed by atoms with Crippen molar-refractivity contribution in [2.24, 2.45) is 0 Å². The van der Waals surface area contributed by atoms with Crippen molar-refractivity contribution in [2.45, 2.75) is 19.6 Å². The summed E-state index contributed by atoms with van der Waals surface area (Å²) in [6, 6.07) is 3.32. The zero-order valence-corrected chi connectivity index (χ0v) is 11.6. The summed E-state index contributed by atoms with van der Waals surface area (Å²) in [5.41, 5.74) is 0.957. The van der Waals surface area contributed by atoms with Gasteiger partial charge in [-0.2, -0.15) is 0 Å². The molecule has 1 unspecified atom stereocenters. The summed E-state index contributed by atoms with van der Waals surface area (Å²) in [5, 5.41) is 11.4. The summed E-state index contributed by atoms with van der Waals surface area (Å²) in [5.74, 6) is -1.11. The van der Waals surface area contributed by atoms with Crippen LogP contribution in [0.5, 0.6) is 0 Å². The number of rotatable bonds is 7. The van der Waals surface area contributed by atoms with Crippen LogP contribution in [0.3, 0.4) is 0 Å². The lowest BCUT2D eigenvalue weighted by atomic mass is 10.2. The number of carboxylic acid groups (broad SMARTS) is 1. The zero-order valence-electron chi connectivity index (χ0n) is 11.6. The minimum Gasteiger partial charge on any atom is -0.479 e. The number of urea groups is 1. The van der Waals surface area contributed by atoms with E-state index < -0.39 is 12.1 Å². The first-order valence-electron chi connectivity index (χ1n) is 6.25. The highest BCUT2D eigenvalue weighted by molar-refractivity contribution is 5.77. The number of carbonyl (C=O) groups excluding carboxylic acids is 1. The molecule has 20 heavy (non-hydrogen) atoms. The van der Waals surface area contributed by atoms with E-state index >= 15 is 0 Å². The molecule has 0 spiro atoms. The molecule has 0 saturated heterocycles. The molecule has 1 atom stereocenters. The van der Waals surface area contributed by atoms with Crippen LogP contribution in [0.2, 0.25) is 0 Å². The van der Waals surface area contributed by atoms with Crippen LogP contribution in [0.15, 0.2) is 24.5 Å². The first-order valence-corrected chi connectivity index (χ1v) is 6.25. The lowest BCUT2D eigenvalue weighted by Crippen LogP contribution is -2.44. The number of carbonyl (C=O) groups is 2. The summed E-state index contributed by atoms with van der Waals surface area (Å²) >= 11 is 0. The molecule has 0 radical (unpaired) electrons. The molecule has 1 heterocycles. The van der Waals surface area contributed by atoms with Gasteiger partial charge in [0.1, 0.15) is 0 Å². The zero-order chi connectivity index (χ0) is 15.0. The molecule has 2 N–H and O–H groups in total. The van der Waals surface area contributed by atoms with E-state index in [1.165, 1.54) is 7.11 Å². The fourth-order valence-electron chi connectivity index (χ4n) is 1.60. The topological polar surface area (TPSA) is 91.8 Å². The predicted octanol–water partition coefficient (Wildman–Crippen LogP) is 0.713. The lowest BCUT2D eigenvalue weighted by molar-refractivity contribution is -0.148. The maximum absolute atomic E-state index is 12.0. The molecule has 0 bridgehead atoms. The third-order valence-corrected chi connectivity index (χ3v) is 2.79. The van der Waals surface area contributed by atoms with Crippen LogP contribution >= 0.6 is 0 Å². The quantitative estimate of drug-likeness (QED) is 0.768. The van der Waals surface area contributed by atoms with Gasteiger partial charge in [-0.25, -0.2) is 9.59 Å². The SMILES string of the molecule is CCN(Cc1ccncc1)C(=O)NCC(OC)C(=O)O. The third kappa shape index (κ3) is 4.85. The smallest absolute Gasteiger partial charge is 0.334 e. The fourth-order valence-corrected chi connectivity index (χ4v) is 1.60. The second-order valence-corrected chi connectivity index (χ2v) is 4.12. The average Bonchev–Trinajstić information content (AvgIpc) is 2.45. The largest absolute Gasteiger partial charge is 0.479 e. The molecule has 2 amide bonds. The molecule has 1 aromatic heterocycles. The Morgan fingerprint density at radius 3 is 2.60 bits per heavy atom. The maximum atomic E-state index is 12.0. The van der Waals surface area contributed by atoms with Crippen LogP contribution in [0, 0.1) is 0 Å². The number of pyridine rings is 1. The standard InChI is InChI=1S/C13H19N3O4/c1-3-16(9-10-4-6-14-7-5-10)13(19)15-8-11(20-2)12(17)18/h4-7,11H,3,8-9H2,1-2H3,(H,15,19)(H,17,18). The first kappa shape index (κ1) is 15.9. The highest BCUT2D eigenvalue weighted by Gasteiger charge is 2.19. The second-order valence-electron chi connectivity index (χ2n) is 4.12. The van der Waals surface area contributed by atoms with E-state index in [0.29, 0.717) is 13.1 Å². The van der Waals surface area contributed by atoms with Gasteiger partial charge in [-0.05, 0) is 24.6 Å². The van der Waals surface area contributed by atoms with Crippen molar-refractivity contribution in [3.8, 4) is 0 Å². The minimum absolute atomic E-state index is 0.0719. The van der Waals surface area contributed by atoms with Crippen molar-refractivity contribution in [3.05, 3.63) is 30.1 Å².